The number of nitrogens with zero attached hydrogens (tertiary/aromatic N) is 2. The number of anilines is 1. The first-order chi connectivity index (χ1) is 9.49. The number of rotatable bonds is 7. The lowest BCUT2D eigenvalue weighted by Gasteiger charge is -2.27. The van der Waals surface area contributed by atoms with Crippen LogP contribution in [0.25, 0.3) is 0 Å². The molecule has 112 valence electrons. The van der Waals surface area contributed by atoms with Crippen LogP contribution in [0, 0.1) is 0 Å². The van der Waals surface area contributed by atoms with Crippen molar-refractivity contribution >= 4 is 11.6 Å². The molecule has 6 heteroatoms. The van der Waals surface area contributed by atoms with Gasteiger partial charge in [-0.05, 0) is 32.9 Å². The molecule has 20 heavy (non-hydrogen) atoms. The smallest absolute Gasteiger partial charge is 0.272 e. The van der Waals surface area contributed by atoms with Crippen LogP contribution >= 0.6 is 0 Å². The normalized spacial score (nSPS) is 11.2. The lowest BCUT2D eigenvalue weighted by atomic mass is 10.1. The van der Waals surface area contributed by atoms with E-state index in [9.17, 15) is 15.0 Å². The number of carbonyl (C=O) groups is 1. The van der Waals surface area contributed by atoms with Crippen molar-refractivity contribution in [3.63, 3.8) is 0 Å². The van der Waals surface area contributed by atoms with Gasteiger partial charge in [0.25, 0.3) is 5.91 Å². The molecule has 0 aliphatic rings. The number of aliphatic hydroxyl groups excluding tert-OH is 2. The third-order valence-corrected chi connectivity index (χ3v) is 3.17. The highest BCUT2D eigenvalue weighted by Crippen LogP contribution is 2.16. The van der Waals surface area contributed by atoms with Crippen molar-refractivity contribution in [2.24, 2.45) is 0 Å². The van der Waals surface area contributed by atoms with Gasteiger partial charge in [0.05, 0.1) is 18.8 Å². The molecular weight excluding hydrogens is 258 g/mol. The van der Waals surface area contributed by atoms with Crippen LogP contribution in [0.1, 0.15) is 31.3 Å². The molecule has 0 aliphatic carbocycles. The van der Waals surface area contributed by atoms with Crippen molar-refractivity contribution in [2.75, 3.05) is 31.6 Å². The molecular formula is C14H23N3O3. The fourth-order valence-corrected chi connectivity index (χ4v) is 1.78. The van der Waals surface area contributed by atoms with Gasteiger partial charge in [0.15, 0.2) is 0 Å². The van der Waals surface area contributed by atoms with Gasteiger partial charge in [-0.3, -0.25) is 9.78 Å². The SMILES string of the molecule is CCN(CC)C(=O)c1cc(NC(C)(CO)CO)ccn1. The molecule has 0 saturated carbocycles. The summed E-state index contributed by atoms with van der Waals surface area (Å²) in [6.07, 6.45) is 1.54. The molecule has 0 aromatic carbocycles. The van der Waals surface area contributed by atoms with Crippen LogP contribution in [0.5, 0.6) is 0 Å². The number of aromatic nitrogens is 1. The molecule has 0 atom stereocenters. The Hall–Kier alpha value is -1.66. The maximum atomic E-state index is 12.2. The minimum absolute atomic E-state index is 0.131. The number of hydrogen-bond acceptors (Lipinski definition) is 5. The van der Waals surface area contributed by atoms with Crippen molar-refractivity contribution in [1.82, 2.24) is 9.88 Å². The molecule has 3 N–H and O–H groups in total. The number of amides is 1. The van der Waals surface area contributed by atoms with Gasteiger partial charge in [-0.15, -0.1) is 0 Å². The minimum atomic E-state index is -0.836. The summed E-state index contributed by atoms with van der Waals surface area (Å²) < 4.78 is 0. The van der Waals surface area contributed by atoms with Crippen LogP contribution in [-0.4, -0.2) is 57.8 Å². The number of nitrogens with one attached hydrogen (secondary N) is 1. The van der Waals surface area contributed by atoms with Gasteiger partial charge in [-0.1, -0.05) is 0 Å². The number of pyridine rings is 1. The molecule has 0 radical (unpaired) electrons. The van der Waals surface area contributed by atoms with Crippen LogP contribution < -0.4 is 5.32 Å². The summed E-state index contributed by atoms with van der Waals surface area (Å²) in [7, 11) is 0. The molecule has 0 saturated heterocycles. The highest BCUT2D eigenvalue weighted by atomic mass is 16.3. The quantitative estimate of drug-likeness (QED) is 0.685. The van der Waals surface area contributed by atoms with Crippen LogP contribution in [0.2, 0.25) is 0 Å². The fourth-order valence-electron chi connectivity index (χ4n) is 1.78. The Kier molecular flexibility index (Phi) is 5.91. The first-order valence-corrected chi connectivity index (χ1v) is 6.75. The highest BCUT2D eigenvalue weighted by Gasteiger charge is 2.22. The van der Waals surface area contributed by atoms with Crippen LogP contribution in [0.15, 0.2) is 18.3 Å². The van der Waals surface area contributed by atoms with Gasteiger partial charge in [0, 0.05) is 25.0 Å². The first-order valence-electron chi connectivity index (χ1n) is 6.75. The van der Waals surface area contributed by atoms with E-state index in [4.69, 9.17) is 0 Å². The van der Waals surface area contributed by atoms with E-state index >= 15 is 0 Å². The summed E-state index contributed by atoms with van der Waals surface area (Å²) in [6.45, 7) is 6.34. The van der Waals surface area contributed by atoms with Gasteiger partial charge in [0.1, 0.15) is 5.69 Å². The number of hydrogen-bond donors (Lipinski definition) is 3. The predicted octanol–water partition coefficient (Wildman–Crippen LogP) is 0.719. The van der Waals surface area contributed by atoms with Crippen molar-refractivity contribution in [3.05, 3.63) is 24.0 Å². The van der Waals surface area contributed by atoms with Crippen molar-refractivity contribution in [2.45, 2.75) is 26.3 Å². The van der Waals surface area contributed by atoms with Crippen LogP contribution in [0.4, 0.5) is 5.69 Å². The topological polar surface area (TPSA) is 85.7 Å². The van der Waals surface area contributed by atoms with Crippen LogP contribution in [-0.2, 0) is 0 Å². The average Bonchev–Trinajstić information content (AvgIpc) is 2.48. The molecule has 1 amide bonds. The number of aliphatic hydroxyl groups is 2. The maximum Gasteiger partial charge on any atom is 0.272 e. The lowest BCUT2D eigenvalue weighted by Crippen LogP contribution is -2.42. The van der Waals surface area contributed by atoms with E-state index in [0.717, 1.165) is 0 Å². The zero-order valence-corrected chi connectivity index (χ0v) is 12.3. The van der Waals surface area contributed by atoms with Gasteiger partial charge in [0.2, 0.25) is 0 Å². The van der Waals surface area contributed by atoms with Gasteiger partial charge in [-0.2, -0.15) is 0 Å². The van der Waals surface area contributed by atoms with E-state index in [1.54, 1.807) is 24.0 Å². The molecule has 0 aliphatic heterocycles. The highest BCUT2D eigenvalue weighted by molar-refractivity contribution is 5.93. The second kappa shape index (κ2) is 7.21. The van der Waals surface area contributed by atoms with E-state index < -0.39 is 5.54 Å². The predicted molar refractivity (Wildman–Crippen MR) is 77.7 cm³/mol. The lowest BCUT2D eigenvalue weighted by molar-refractivity contribution is 0.0767. The zero-order valence-electron chi connectivity index (χ0n) is 12.3. The second-order valence-electron chi connectivity index (χ2n) is 4.91. The Balaban J connectivity index is 2.93. The third-order valence-electron chi connectivity index (χ3n) is 3.17. The molecule has 1 aromatic heterocycles. The average molecular weight is 281 g/mol. The molecule has 0 spiro atoms. The summed E-state index contributed by atoms with van der Waals surface area (Å²) >= 11 is 0. The Morgan fingerprint density at radius 1 is 1.35 bits per heavy atom. The Morgan fingerprint density at radius 2 is 1.95 bits per heavy atom. The van der Waals surface area contributed by atoms with Crippen molar-refractivity contribution in [3.8, 4) is 0 Å². The third kappa shape index (κ3) is 3.91. The van der Waals surface area contributed by atoms with E-state index in [0.29, 0.717) is 24.5 Å². The van der Waals surface area contributed by atoms with Gasteiger partial charge in [-0.25, -0.2) is 0 Å². The Bertz CT molecular complexity index is 443. The van der Waals surface area contributed by atoms with Gasteiger partial charge >= 0.3 is 0 Å². The summed E-state index contributed by atoms with van der Waals surface area (Å²) in [4.78, 5) is 18.0. The molecule has 0 unspecified atom stereocenters. The maximum absolute atomic E-state index is 12.2. The largest absolute Gasteiger partial charge is 0.394 e. The Morgan fingerprint density at radius 3 is 2.45 bits per heavy atom. The fraction of sp³-hybridized carbons (Fsp3) is 0.571. The summed E-state index contributed by atoms with van der Waals surface area (Å²) in [6, 6.07) is 3.33. The summed E-state index contributed by atoms with van der Waals surface area (Å²) in [5, 5.41) is 21.6. The summed E-state index contributed by atoms with van der Waals surface area (Å²) in [5.74, 6) is -0.131. The van der Waals surface area contributed by atoms with Crippen molar-refractivity contribution < 1.29 is 15.0 Å². The molecule has 1 aromatic rings. The monoisotopic (exact) mass is 281 g/mol. The standard InChI is InChI=1S/C14H23N3O3/c1-4-17(5-2)13(20)12-8-11(6-7-15-12)16-14(3,9-18)10-19/h6-8,18-19H,4-5,9-10H2,1-3H3,(H,15,16). The number of carbonyl (C=O) groups excluding carboxylic acids is 1. The van der Waals surface area contributed by atoms with Gasteiger partial charge < -0.3 is 20.4 Å². The molecule has 6 nitrogen and oxygen atoms in total. The minimum Gasteiger partial charge on any atom is -0.394 e. The van der Waals surface area contributed by atoms with E-state index in [-0.39, 0.29) is 19.1 Å². The van der Waals surface area contributed by atoms with E-state index in [1.165, 1.54) is 6.20 Å². The van der Waals surface area contributed by atoms with Crippen LogP contribution in [0.3, 0.4) is 0 Å². The first kappa shape index (κ1) is 16.4. The molecule has 1 heterocycles. The second-order valence-corrected chi connectivity index (χ2v) is 4.91. The van der Waals surface area contributed by atoms with E-state index in [2.05, 4.69) is 10.3 Å². The molecule has 1 rings (SSSR count). The van der Waals surface area contributed by atoms with Crippen molar-refractivity contribution in [1.29, 1.82) is 0 Å². The molecule has 0 fully saturated rings. The summed E-state index contributed by atoms with van der Waals surface area (Å²) in [5.41, 5.74) is 0.148. The molecule has 0 bridgehead atoms. The van der Waals surface area contributed by atoms with E-state index in [1.807, 2.05) is 13.8 Å². The zero-order chi connectivity index (χ0) is 15.2. The Labute approximate surface area is 119 Å².